The second-order valence-corrected chi connectivity index (χ2v) is 9.23. The van der Waals surface area contributed by atoms with Gasteiger partial charge in [0.15, 0.2) is 11.0 Å². The Balaban J connectivity index is 1.51. The number of hydrogen-bond acceptors (Lipinski definition) is 5. The van der Waals surface area contributed by atoms with Crippen molar-refractivity contribution in [2.75, 3.05) is 19.8 Å². The van der Waals surface area contributed by atoms with E-state index >= 15 is 0 Å². The maximum Gasteiger partial charge on any atom is 0.230 e. The first-order valence-electron chi connectivity index (χ1n) is 10.8. The maximum absolute atomic E-state index is 13.5. The van der Waals surface area contributed by atoms with Crippen LogP contribution in [0.5, 0.6) is 0 Å². The third-order valence-electron chi connectivity index (χ3n) is 5.93. The molecule has 0 fully saturated rings. The van der Waals surface area contributed by atoms with Gasteiger partial charge in [-0.2, -0.15) is 0 Å². The van der Waals surface area contributed by atoms with E-state index in [1.54, 1.807) is 12.1 Å². The molecule has 1 heterocycles. The summed E-state index contributed by atoms with van der Waals surface area (Å²) in [5.41, 5.74) is 3.30. The van der Waals surface area contributed by atoms with Crippen molar-refractivity contribution in [2.45, 2.75) is 43.4 Å². The molecule has 3 aromatic rings. The van der Waals surface area contributed by atoms with Gasteiger partial charge in [-0.25, -0.2) is 4.39 Å². The van der Waals surface area contributed by atoms with E-state index in [1.807, 2.05) is 42.6 Å². The highest BCUT2D eigenvalue weighted by atomic mass is 32.2. The number of aromatic nitrogens is 3. The largest absolute Gasteiger partial charge is 0.349 e. The summed E-state index contributed by atoms with van der Waals surface area (Å²) in [6.45, 7) is 2.03. The summed E-state index contributed by atoms with van der Waals surface area (Å²) in [6.07, 6.45) is 3.08. The standard InChI is InChI=1S/C24H28FN5OS/c1-16(29(2)3)23-27-28-24(30(23)19-13-11-18(25)12-14-19)32-15-22(31)26-21-10-6-8-17-7-4-5-9-20(17)21/h4-5,7,9,11-14,16,21H,6,8,10,15H2,1-3H3,(H,26,31). The molecule has 0 saturated carbocycles. The number of benzene rings is 2. The molecular weight excluding hydrogens is 425 g/mol. The number of amides is 1. The highest BCUT2D eigenvalue weighted by Gasteiger charge is 2.24. The number of nitrogens with zero attached hydrogens (tertiary/aromatic N) is 4. The van der Waals surface area contributed by atoms with E-state index in [4.69, 9.17) is 0 Å². The van der Waals surface area contributed by atoms with Crippen LogP contribution >= 0.6 is 11.8 Å². The lowest BCUT2D eigenvalue weighted by Crippen LogP contribution is -2.32. The Morgan fingerprint density at radius 3 is 2.72 bits per heavy atom. The average molecular weight is 454 g/mol. The van der Waals surface area contributed by atoms with Crippen LogP contribution in [0.2, 0.25) is 0 Å². The molecular formula is C24H28FN5OS. The zero-order valence-electron chi connectivity index (χ0n) is 18.6. The van der Waals surface area contributed by atoms with Crippen molar-refractivity contribution >= 4 is 17.7 Å². The van der Waals surface area contributed by atoms with Crippen molar-refractivity contribution < 1.29 is 9.18 Å². The fraction of sp³-hybridized carbons (Fsp3) is 0.375. The summed E-state index contributed by atoms with van der Waals surface area (Å²) in [5, 5.41) is 12.5. The minimum absolute atomic E-state index is 0.00512. The van der Waals surface area contributed by atoms with E-state index in [9.17, 15) is 9.18 Å². The Labute approximate surface area is 192 Å². The third-order valence-corrected chi connectivity index (χ3v) is 6.86. The summed E-state index contributed by atoms with van der Waals surface area (Å²) < 4.78 is 15.4. The monoisotopic (exact) mass is 453 g/mol. The zero-order chi connectivity index (χ0) is 22.7. The lowest BCUT2D eigenvalue weighted by atomic mass is 9.88. The summed E-state index contributed by atoms with van der Waals surface area (Å²) in [5.74, 6) is 0.637. The van der Waals surface area contributed by atoms with E-state index in [0.717, 1.165) is 30.8 Å². The van der Waals surface area contributed by atoms with E-state index in [-0.39, 0.29) is 29.6 Å². The van der Waals surface area contributed by atoms with Crippen molar-refractivity contribution in [3.05, 3.63) is 71.3 Å². The first-order chi connectivity index (χ1) is 15.4. The zero-order valence-corrected chi connectivity index (χ0v) is 19.4. The molecule has 1 aliphatic carbocycles. The van der Waals surface area contributed by atoms with Gasteiger partial charge in [0.25, 0.3) is 0 Å². The summed E-state index contributed by atoms with van der Waals surface area (Å²) in [6, 6.07) is 14.6. The second kappa shape index (κ2) is 9.83. The molecule has 168 valence electrons. The molecule has 2 aromatic carbocycles. The number of halogens is 1. The number of rotatable bonds is 7. The number of thioether (sulfide) groups is 1. The van der Waals surface area contributed by atoms with Gasteiger partial charge < -0.3 is 5.32 Å². The van der Waals surface area contributed by atoms with Crippen LogP contribution in [0.4, 0.5) is 4.39 Å². The molecule has 6 nitrogen and oxygen atoms in total. The topological polar surface area (TPSA) is 63.1 Å². The van der Waals surface area contributed by atoms with E-state index in [0.29, 0.717) is 5.16 Å². The van der Waals surface area contributed by atoms with Crippen molar-refractivity contribution in [3.63, 3.8) is 0 Å². The maximum atomic E-state index is 13.5. The smallest absolute Gasteiger partial charge is 0.230 e. The Kier molecular flexibility index (Phi) is 6.91. The van der Waals surface area contributed by atoms with Gasteiger partial charge >= 0.3 is 0 Å². The van der Waals surface area contributed by atoms with E-state index < -0.39 is 0 Å². The Bertz CT molecular complexity index is 1080. The van der Waals surface area contributed by atoms with Gasteiger partial charge in [0, 0.05) is 5.69 Å². The molecule has 0 bridgehead atoms. The fourth-order valence-electron chi connectivity index (χ4n) is 3.98. The van der Waals surface area contributed by atoms with Gasteiger partial charge in [-0.1, -0.05) is 36.0 Å². The number of nitrogens with one attached hydrogen (secondary N) is 1. The van der Waals surface area contributed by atoms with Crippen LogP contribution in [0.1, 0.15) is 48.8 Å². The molecule has 32 heavy (non-hydrogen) atoms. The summed E-state index contributed by atoms with van der Waals surface area (Å²) >= 11 is 1.34. The van der Waals surface area contributed by atoms with Crippen LogP contribution in [-0.4, -0.2) is 45.4 Å². The van der Waals surface area contributed by atoms with Crippen LogP contribution < -0.4 is 5.32 Å². The molecule has 0 spiro atoms. The normalized spacial score (nSPS) is 16.6. The molecule has 0 aliphatic heterocycles. The first-order valence-corrected chi connectivity index (χ1v) is 11.8. The van der Waals surface area contributed by atoms with Crippen molar-refractivity contribution in [3.8, 4) is 5.69 Å². The van der Waals surface area contributed by atoms with Gasteiger partial charge in [-0.05, 0) is 75.7 Å². The number of carbonyl (C=O) groups excluding carboxylic acids is 1. The SMILES string of the molecule is CC(c1nnc(SCC(=O)NC2CCCc3ccccc32)n1-c1ccc(F)cc1)N(C)C. The Hall–Kier alpha value is -2.71. The molecule has 1 amide bonds. The number of carbonyl (C=O) groups is 1. The minimum atomic E-state index is -0.301. The van der Waals surface area contributed by atoms with Gasteiger partial charge in [0.05, 0.1) is 17.8 Å². The fourth-order valence-corrected chi connectivity index (χ4v) is 4.75. The van der Waals surface area contributed by atoms with Gasteiger partial charge in [0.1, 0.15) is 5.82 Å². The summed E-state index contributed by atoms with van der Waals surface area (Å²) in [4.78, 5) is 14.8. The summed E-state index contributed by atoms with van der Waals surface area (Å²) in [7, 11) is 3.94. The number of aryl methyl sites for hydroxylation is 1. The molecule has 0 radical (unpaired) electrons. The average Bonchev–Trinajstić information content (AvgIpc) is 3.21. The molecule has 1 N–H and O–H groups in total. The van der Waals surface area contributed by atoms with E-state index in [2.05, 4.69) is 27.6 Å². The highest BCUT2D eigenvalue weighted by molar-refractivity contribution is 7.99. The highest BCUT2D eigenvalue weighted by Crippen LogP contribution is 2.30. The Morgan fingerprint density at radius 1 is 1.22 bits per heavy atom. The van der Waals surface area contributed by atoms with Crippen LogP contribution in [0.25, 0.3) is 5.69 Å². The molecule has 2 unspecified atom stereocenters. The second-order valence-electron chi connectivity index (χ2n) is 8.29. The molecule has 2 atom stereocenters. The van der Waals surface area contributed by atoms with Gasteiger partial charge in [0.2, 0.25) is 5.91 Å². The lowest BCUT2D eigenvalue weighted by molar-refractivity contribution is -0.119. The first kappa shape index (κ1) is 22.5. The van der Waals surface area contributed by atoms with E-state index in [1.165, 1.54) is 35.0 Å². The van der Waals surface area contributed by atoms with Crippen molar-refractivity contribution in [2.24, 2.45) is 0 Å². The number of fused-ring (bicyclic) bond motifs is 1. The molecule has 0 saturated heterocycles. The third kappa shape index (κ3) is 4.86. The van der Waals surface area contributed by atoms with Crippen LogP contribution in [0.3, 0.4) is 0 Å². The molecule has 1 aromatic heterocycles. The molecule has 8 heteroatoms. The predicted molar refractivity (Wildman–Crippen MR) is 124 cm³/mol. The van der Waals surface area contributed by atoms with Crippen molar-refractivity contribution in [1.29, 1.82) is 0 Å². The van der Waals surface area contributed by atoms with Crippen LogP contribution in [0, 0.1) is 5.82 Å². The van der Waals surface area contributed by atoms with Crippen molar-refractivity contribution in [1.82, 2.24) is 25.0 Å². The van der Waals surface area contributed by atoms with Crippen LogP contribution in [0.15, 0.2) is 53.7 Å². The predicted octanol–water partition coefficient (Wildman–Crippen LogP) is 4.31. The lowest BCUT2D eigenvalue weighted by Gasteiger charge is -2.26. The quantitative estimate of drug-likeness (QED) is 0.540. The Morgan fingerprint density at radius 2 is 1.97 bits per heavy atom. The molecule has 1 aliphatic rings. The van der Waals surface area contributed by atoms with Gasteiger partial charge in [-0.3, -0.25) is 14.3 Å². The van der Waals surface area contributed by atoms with Crippen LogP contribution in [-0.2, 0) is 11.2 Å². The molecule has 4 rings (SSSR count). The number of hydrogen-bond donors (Lipinski definition) is 1. The minimum Gasteiger partial charge on any atom is -0.349 e. The van der Waals surface area contributed by atoms with Gasteiger partial charge in [-0.15, -0.1) is 10.2 Å².